The van der Waals surface area contributed by atoms with Gasteiger partial charge in [0.25, 0.3) is 0 Å². The Labute approximate surface area is 231 Å². The van der Waals surface area contributed by atoms with Gasteiger partial charge in [0.15, 0.2) is 0 Å². The van der Waals surface area contributed by atoms with Gasteiger partial charge in [-0.3, -0.25) is 4.98 Å². The van der Waals surface area contributed by atoms with Gasteiger partial charge in [-0.2, -0.15) is 0 Å². The number of aromatic nitrogens is 1. The molecular weight excluding hydrogens is 513 g/mol. The molecule has 3 aromatic carbocycles. The minimum absolute atomic E-state index is 0.0863. The van der Waals surface area contributed by atoms with Gasteiger partial charge in [-0.15, -0.1) is 0 Å². The number of likely N-dealkylation sites (tertiary alicyclic amines) is 1. The van der Waals surface area contributed by atoms with E-state index in [1.165, 1.54) is 24.3 Å². The van der Waals surface area contributed by atoms with Crippen molar-refractivity contribution in [3.8, 4) is 17.2 Å². The number of nitrogens with one attached hydrogen (secondary N) is 2. The first-order chi connectivity index (χ1) is 19.5. The minimum atomic E-state index is -0.651. The lowest BCUT2D eigenvalue weighted by Crippen LogP contribution is -2.33. The van der Waals surface area contributed by atoms with Crippen molar-refractivity contribution in [1.29, 1.82) is 0 Å². The summed E-state index contributed by atoms with van der Waals surface area (Å²) in [6.45, 7) is 10.2. The molecule has 0 unspecified atom stereocenters. The first-order valence-corrected chi connectivity index (χ1v) is 12.9. The number of ether oxygens (including phenoxy) is 2. The van der Waals surface area contributed by atoms with Crippen LogP contribution in [0, 0.1) is 12.4 Å². The average molecular weight is 542 g/mol. The molecule has 5 rings (SSSR count). The predicted molar refractivity (Wildman–Crippen MR) is 151 cm³/mol. The zero-order valence-electron chi connectivity index (χ0n) is 21.6. The fourth-order valence-corrected chi connectivity index (χ4v) is 4.49. The third kappa shape index (κ3) is 6.83. The van der Waals surface area contributed by atoms with Crippen LogP contribution in [0.2, 0.25) is 0 Å². The fraction of sp³-hybridized carbons (Fsp3) is 0.233. The number of anilines is 2. The highest BCUT2D eigenvalue weighted by Crippen LogP contribution is 2.37. The van der Waals surface area contributed by atoms with Gasteiger partial charge in [-0.1, -0.05) is 0 Å². The normalized spacial score (nSPS) is 13.9. The Hall–Kier alpha value is -4.72. The zero-order valence-corrected chi connectivity index (χ0v) is 21.6. The quantitative estimate of drug-likeness (QED) is 0.218. The summed E-state index contributed by atoms with van der Waals surface area (Å²) in [6.07, 6.45) is 3.25. The molecule has 4 aromatic rings. The number of nitrogens with zero attached hydrogens (tertiary/aromatic N) is 3. The van der Waals surface area contributed by atoms with E-state index in [0.29, 0.717) is 51.8 Å². The van der Waals surface area contributed by atoms with E-state index in [4.69, 9.17) is 16.0 Å². The molecule has 9 nitrogen and oxygen atoms in total. The molecule has 1 saturated heterocycles. The van der Waals surface area contributed by atoms with Gasteiger partial charge in [-0.25, -0.2) is 14.0 Å². The molecule has 3 N–H and O–H groups in total. The van der Waals surface area contributed by atoms with E-state index in [0.717, 1.165) is 25.9 Å². The molecule has 204 valence electrons. The number of fused-ring (bicyclic) bond motifs is 1. The van der Waals surface area contributed by atoms with Crippen molar-refractivity contribution in [2.75, 3.05) is 36.9 Å². The van der Waals surface area contributed by atoms with E-state index in [9.17, 15) is 14.3 Å². The highest BCUT2D eigenvalue weighted by Gasteiger charge is 2.18. The van der Waals surface area contributed by atoms with Gasteiger partial charge < -0.3 is 30.1 Å². The van der Waals surface area contributed by atoms with Crippen molar-refractivity contribution in [2.24, 2.45) is 0 Å². The molecular formula is C30H28FN5O4. The Morgan fingerprint density at radius 1 is 1.02 bits per heavy atom. The van der Waals surface area contributed by atoms with E-state index in [1.54, 1.807) is 48.7 Å². The largest absolute Gasteiger partial charge is 0.502 e. The average Bonchev–Trinajstić information content (AvgIpc) is 3.47. The van der Waals surface area contributed by atoms with Gasteiger partial charge in [0, 0.05) is 29.5 Å². The van der Waals surface area contributed by atoms with Crippen LogP contribution in [0.1, 0.15) is 12.8 Å². The number of urea groups is 1. The highest BCUT2D eigenvalue weighted by molar-refractivity contribution is 5.99. The third-order valence-corrected chi connectivity index (χ3v) is 6.44. The molecule has 40 heavy (non-hydrogen) atoms. The second kappa shape index (κ2) is 12.4. The first kappa shape index (κ1) is 26.9. The van der Waals surface area contributed by atoms with Crippen molar-refractivity contribution in [3.63, 3.8) is 0 Å². The number of amides is 2. The summed E-state index contributed by atoms with van der Waals surface area (Å²) in [6, 6.07) is 16.8. The van der Waals surface area contributed by atoms with Crippen LogP contribution in [0.15, 0.2) is 72.9 Å². The molecule has 1 aliphatic heterocycles. The minimum Gasteiger partial charge on any atom is -0.502 e. The van der Waals surface area contributed by atoms with Gasteiger partial charge in [-0.05, 0) is 92.7 Å². The highest BCUT2D eigenvalue weighted by atomic mass is 19.1. The lowest BCUT2D eigenvalue weighted by Gasteiger charge is -2.20. The standard InChI is InChI=1S/C30H28FN5O4/c1-32-27-16-25-26(17-29(27)39-19-23(37)18-36-14-2-3-15-36)33-13-12-28(25)40-24-10-8-22(9-11-24)35-30(38)34-21-6-4-20(31)5-7-21/h4-13,16-17,23,37H,2-3,14-15,18-19H2,(H2,34,35,38)/t23-/m1/s1. The maximum absolute atomic E-state index is 13.0. The summed E-state index contributed by atoms with van der Waals surface area (Å²) < 4.78 is 25.0. The SMILES string of the molecule is [C-]#[N+]c1cc2c(Oc3ccc(NC(=O)Nc4ccc(F)cc4)cc3)ccnc2cc1OC[C@H](O)CN1CCCC1. The number of aliphatic hydroxyl groups is 1. The van der Waals surface area contributed by atoms with Gasteiger partial charge in [0.05, 0.1) is 12.1 Å². The van der Waals surface area contributed by atoms with Crippen molar-refractivity contribution in [2.45, 2.75) is 18.9 Å². The number of hydrogen-bond acceptors (Lipinski definition) is 6. The second-order valence-electron chi connectivity index (χ2n) is 9.44. The zero-order chi connectivity index (χ0) is 27.9. The van der Waals surface area contributed by atoms with E-state index in [1.807, 2.05) is 0 Å². The molecule has 1 aromatic heterocycles. The molecule has 1 fully saturated rings. The van der Waals surface area contributed by atoms with E-state index in [-0.39, 0.29) is 12.4 Å². The van der Waals surface area contributed by atoms with Gasteiger partial charge in [0.2, 0.25) is 5.69 Å². The van der Waals surface area contributed by atoms with Gasteiger partial charge in [0.1, 0.15) is 35.8 Å². The monoisotopic (exact) mass is 541 g/mol. The molecule has 2 heterocycles. The molecule has 0 aliphatic carbocycles. The Morgan fingerprint density at radius 3 is 2.38 bits per heavy atom. The van der Waals surface area contributed by atoms with E-state index < -0.39 is 12.1 Å². The first-order valence-electron chi connectivity index (χ1n) is 12.9. The second-order valence-corrected chi connectivity index (χ2v) is 9.44. The van der Waals surface area contributed by atoms with Gasteiger partial charge >= 0.3 is 6.03 Å². The molecule has 1 aliphatic rings. The van der Waals surface area contributed by atoms with Crippen LogP contribution in [0.3, 0.4) is 0 Å². The maximum Gasteiger partial charge on any atom is 0.323 e. The Morgan fingerprint density at radius 2 is 1.70 bits per heavy atom. The van der Waals surface area contributed by atoms with E-state index in [2.05, 4.69) is 25.4 Å². The number of carbonyl (C=O) groups is 1. The predicted octanol–water partition coefficient (Wildman–Crippen LogP) is 6.20. The Kier molecular flexibility index (Phi) is 8.35. The molecule has 10 heteroatoms. The van der Waals surface area contributed by atoms with Crippen molar-refractivity contribution in [3.05, 3.63) is 90.2 Å². The fourth-order valence-electron chi connectivity index (χ4n) is 4.49. The van der Waals surface area contributed by atoms with Crippen molar-refractivity contribution >= 4 is 34.0 Å². The Balaban J connectivity index is 1.24. The summed E-state index contributed by atoms with van der Waals surface area (Å²) in [5, 5.41) is 16.4. The molecule has 2 amide bonds. The summed E-state index contributed by atoms with van der Waals surface area (Å²) >= 11 is 0. The smallest absolute Gasteiger partial charge is 0.323 e. The maximum atomic E-state index is 13.0. The number of halogens is 1. The lowest BCUT2D eigenvalue weighted by atomic mass is 10.1. The lowest BCUT2D eigenvalue weighted by molar-refractivity contribution is 0.0762. The number of hydrogen-bond donors (Lipinski definition) is 3. The number of rotatable bonds is 9. The molecule has 0 bridgehead atoms. The van der Waals surface area contributed by atoms with Crippen LogP contribution >= 0.6 is 0 Å². The molecule has 0 saturated carbocycles. The van der Waals surface area contributed by atoms with Crippen LogP contribution < -0.4 is 20.1 Å². The summed E-state index contributed by atoms with van der Waals surface area (Å²) in [7, 11) is 0. The summed E-state index contributed by atoms with van der Waals surface area (Å²) in [5.74, 6) is 1.00. The number of aliphatic hydroxyl groups excluding tert-OH is 1. The number of β-amino-alcohol motifs (C(OH)–C–C–N with tert-alkyl or cyclic N) is 1. The molecule has 0 radical (unpaired) electrons. The summed E-state index contributed by atoms with van der Waals surface area (Å²) in [4.78, 5) is 22.5. The Bertz CT molecular complexity index is 1520. The van der Waals surface area contributed by atoms with Crippen LogP contribution in [-0.4, -0.2) is 53.4 Å². The van der Waals surface area contributed by atoms with Crippen LogP contribution in [0.25, 0.3) is 15.7 Å². The number of carbonyl (C=O) groups excluding carboxylic acids is 1. The van der Waals surface area contributed by atoms with Crippen LogP contribution in [0.4, 0.5) is 26.2 Å². The van der Waals surface area contributed by atoms with Crippen LogP contribution in [-0.2, 0) is 0 Å². The van der Waals surface area contributed by atoms with Crippen LogP contribution in [0.5, 0.6) is 17.2 Å². The number of pyridine rings is 1. The third-order valence-electron chi connectivity index (χ3n) is 6.44. The topological polar surface area (TPSA) is 100 Å². The van der Waals surface area contributed by atoms with Crippen molar-refractivity contribution < 1.29 is 23.8 Å². The number of benzene rings is 3. The molecule has 1 atom stereocenters. The van der Waals surface area contributed by atoms with E-state index >= 15 is 0 Å². The summed E-state index contributed by atoms with van der Waals surface area (Å²) in [5.41, 5.74) is 1.89. The molecule has 0 spiro atoms. The van der Waals surface area contributed by atoms with Crippen molar-refractivity contribution in [1.82, 2.24) is 9.88 Å².